The van der Waals surface area contributed by atoms with Crippen molar-refractivity contribution in [1.29, 1.82) is 0 Å². The lowest BCUT2D eigenvalue weighted by molar-refractivity contribution is 0.0697. The number of anilines is 1. The average molecular weight is 486 g/mol. The number of aromatic carboxylic acids is 1. The monoisotopic (exact) mass is 485 g/mol. The SMILES string of the molecule is CCCCN(Cc1ccc(-c2ccccc2)c(-c2nn[nH]n2)c1)C(=O)N(C)c1ncccc1C(=O)O. The van der Waals surface area contributed by atoms with Crippen molar-refractivity contribution in [2.24, 2.45) is 0 Å². The number of nitrogens with one attached hydrogen (secondary N) is 1. The standard InChI is InChI=1S/C26H27N7O3/c1-3-4-15-33(26(36)32(2)24-21(25(34)35)11-8-14-27-24)17-18-12-13-20(19-9-6-5-7-10-19)22(16-18)23-28-30-31-29-23/h5-14,16H,3-4,15,17H2,1-2H3,(H,34,35)(H,28,29,30,31). The molecule has 0 unspecified atom stereocenters. The summed E-state index contributed by atoms with van der Waals surface area (Å²) in [6, 6.07) is 18.5. The molecule has 0 saturated carbocycles. The van der Waals surface area contributed by atoms with Crippen LogP contribution >= 0.6 is 0 Å². The van der Waals surface area contributed by atoms with E-state index in [0.29, 0.717) is 18.9 Å². The number of carboxylic acid groups (broad SMARTS) is 1. The fourth-order valence-corrected chi connectivity index (χ4v) is 3.97. The van der Waals surface area contributed by atoms with E-state index in [1.54, 1.807) is 11.9 Å². The molecule has 0 aliphatic heterocycles. The molecule has 0 spiro atoms. The first kappa shape index (κ1) is 24.5. The Labute approximate surface area is 208 Å². The molecule has 0 radical (unpaired) electrons. The predicted octanol–water partition coefficient (Wildman–Crippen LogP) is 4.49. The first-order chi connectivity index (χ1) is 17.5. The van der Waals surface area contributed by atoms with E-state index in [0.717, 1.165) is 35.1 Å². The van der Waals surface area contributed by atoms with Crippen molar-refractivity contribution in [2.45, 2.75) is 26.3 Å². The molecule has 0 aliphatic carbocycles. The normalized spacial score (nSPS) is 10.7. The Morgan fingerprint density at radius 1 is 1.03 bits per heavy atom. The third kappa shape index (κ3) is 5.38. The summed E-state index contributed by atoms with van der Waals surface area (Å²) in [7, 11) is 1.54. The molecule has 0 atom stereocenters. The molecule has 10 heteroatoms. The number of carbonyl (C=O) groups is 2. The van der Waals surface area contributed by atoms with Gasteiger partial charge in [-0.25, -0.2) is 14.6 Å². The fraction of sp³-hybridized carbons (Fsp3) is 0.231. The molecule has 4 rings (SSSR count). The van der Waals surface area contributed by atoms with Gasteiger partial charge in [0.15, 0.2) is 5.82 Å². The third-order valence-electron chi connectivity index (χ3n) is 5.80. The van der Waals surface area contributed by atoms with Crippen molar-refractivity contribution >= 4 is 17.8 Å². The minimum atomic E-state index is -1.14. The lowest BCUT2D eigenvalue weighted by Gasteiger charge is -2.28. The lowest BCUT2D eigenvalue weighted by Crippen LogP contribution is -2.42. The van der Waals surface area contributed by atoms with Gasteiger partial charge in [-0.15, -0.1) is 10.2 Å². The van der Waals surface area contributed by atoms with Gasteiger partial charge >= 0.3 is 12.0 Å². The van der Waals surface area contributed by atoms with Crippen LogP contribution < -0.4 is 4.90 Å². The van der Waals surface area contributed by atoms with Crippen LogP contribution in [0.3, 0.4) is 0 Å². The molecule has 36 heavy (non-hydrogen) atoms. The second kappa shape index (κ2) is 11.2. The van der Waals surface area contributed by atoms with Crippen LogP contribution in [0.25, 0.3) is 22.5 Å². The second-order valence-electron chi connectivity index (χ2n) is 8.28. The number of rotatable bonds is 9. The van der Waals surface area contributed by atoms with Gasteiger partial charge < -0.3 is 10.0 Å². The highest BCUT2D eigenvalue weighted by Crippen LogP contribution is 2.31. The van der Waals surface area contributed by atoms with Crippen LogP contribution in [-0.4, -0.2) is 61.2 Å². The number of hydrogen-bond acceptors (Lipinski definition) is 6. The zero-order valence-corrected chi connectivity index (χ0v) is 20.1. The molecular weight excluding hydrogens is 458 g/mol. The predicted molar refractivity (Wildman–Crippen MR) is 135 cm³/mol. The number of H-pyrrole nitrogens is 1. The Hall–Kier alpha value is -4.60. The summed E-state index contributed by atoms with van der Waals surface area (Å²) in [6.07, 6.45) is 3.17. The summed E-state index contributed by atoms with van der Waals surface area (Å²) in [4.78, 5) is 32.3. The van der Waals surface area contributed by atoms with Gasteiger partial charge in [-0.3, -0.25) is 4.90 Å². The zero-order chi connectivity index (χ0) is 25.5. The Balaban J connectivity index is 1.67. The van der Waals surface area contributed by atoms with Crippen molar-refractivity contribution < 1.29 is 14.7 Å². The van der Waals surface area contributed by atoms with Crippen LogP contribution in [0.1, 0.15) is 35.7 Å². The van der Waals surface area contributed by atoms with Crippen LogP contribution in [0.4, 0.5) is 10.6 Å². The van der Waals surface area contributed by atoms with Gasteiger partial charge in [-0.05, 0) is 46.5 Å². The first-order valence-corrected chi connectivity index (χ1v) is 11.6. The van der Waals surface area contributed by atoms with Gasteiger partial charge in [0.25, 0.3) is 0 Å². The molecule has 2 amide bonds. The van der Waals surface area contributed by atoms with E-state index in [1.165, 1.54) is 23.2 Å². The number of aromatic nitrogens is 5. The maximum absolute atomic E-state index is 13.5. The number of benzene rings is 2. The number of urea groups is 1. The molecule has 2 aromatic heterocycles. The smallest absolute Gasteiger partial charge is 0.339 e. The van der Waals surface area contributed by atoms with E-state index in [9.17, 15) is 14.7 Å². The molecule has 4 aromatic rings. The average Bonchev–Trinajstić information content (AvgIpc) is 3.45. The van der Waals surface area contributed by atoms with Crippen molar-refractivity contribution in [2.75, 3.05) is 18.5 Å². The molecule has 2 heterocycles. The van der Waals surface area contributed by atoms with Crippen LogP contribution in [0.2, 0.25) is 0 Å². The maximum atomic E-state index is 13.5. The van der Waals surface area contributed by atoms with Gasteiger partial charge in [0, 0.05) is 31.9 Å². The third-order valence-corrected chi connectivity index (χ3v) is 5.80. The van der Waals surface area contributed by atoms with Gasteiger partial charge in [0.2, 0.25) is 5.82 Å². The highest BCUT2D eigenvalue weighted by Gasteiger charge is 2.24. The van der Waals surface area contributed by atoms with E-state index < -0.39 is 5.97 Å². The summed E-state index contributed by atoms with van der Waals surface area (Å²) in [6.45, 7) is 2.88. The van der Waals surface area contributed by atoms with Gasteiger partial charge in [0.05, 0.1) is 0 Å². The molecule has 0 fully saturated rings. The van der Waals surface area contributed by atoms with Crippen molar-refractivity contribution in [3.63, 3.8) is 0 Å². The van der Waals surface area contributed by atoms with Crippen LogP contribution in [0.5, 0.6) is 0 Å². The molecule has 184 valence electrons. The molecule has 2 N–H and O–H groups in total. The van der Waals surface area contributed by atoms with E-state index in [4.69, 9.17) is 0 Å². The number of aromatic amines is 1. The number of unbranched alkanes of at least 4 members (excludes halogenated alkanes) is 1. The summed E-state index contributed by atoms with van der Waals surface area (Å²) in [5.41, 5.74) is 3.60. The van der Waals surface area contributed by atoms with Crippen LogP contribution in [0, 0.1) is 0 Å². The van der Waals surface area contributed by atoms with Crippen LogP contribution in [0.15, 0.2) is 66.9 Å². The van der Waals surface area contributed by atoms with Crippen molar-refractivity contribution in [3.8, 4) is 22.5 Å². The molecule has 0 bridgehead atoms. The fourth-order valence-electron chi connectivity index (χ4n) is 3.97. The Bertz CT molecular complexity index is 1330. The minimum absolute atomic E-state index is 0.0320. The first-order valence-electron chi connectivity index (χ1n) is 11.6. The number of tetrazole rings is 1. The number of hydrogen-bond donors (Lipinski definition) is 2. The Morgan fingerprint density at radius 3 is 2.53 bits per heavy atom. The van der Waals surface area contributed by atoms with Crippen molar-refractivity contribution in [3.05, 3.63) is 78.0 Å². The Kier molecular flexibility index (Phi) is 7.64. The largest absolute Gasteiger partial charge is 0.478 e. The number of carboxylic acids is 1. The van der Waals surface area contributed by atoms with Gasteiger partial charge in [0.1, 0.15) is 5.56 Å². The zero-order valence-electron chi connectivity index (χ0n) is 20.1. The number of pyridine rings is 1. The molecule has 0 saturated heterocycles. The number of amides is 2. The minimum Gasteiger partial charge on any atom is -0.478 e. The van der Waals surface area contributed by atoms with E-state index in [-0.39, 0.29) is 17.4 Å². The number of nitrogens with zero attached hydrogens (tertiary/aromatic N) is 6. The lowest BCUT2D eigenvalue weighted by atomic mass is 9.97. The highest BCUT2D eigenvalue weighted by atomic mass is 16.4. The molecular formula is C26H27N7O3. The quantitative estimate of drug-likeness (QED) is 0.357. The second-order valence-corrected chi connectivity index (χ2v) is 8.28. The summed E-state index contributed by atoms with van der Waals surface area (Å²) >= 11 is 0. The highest BCUT2D eigenvalue weighted by molar-refractivity contribution is 5.99. The topological polar surface area (TPSA) is 128 Å². The maximum Gasteiger partial charge on any atom is 0.339 e. The molecule has 0 aliphatic rings. The number of carbonyl (C=O) groups excluding carboxylic acids is 1. The molecule has 2 aromatic carbocycles. The van der Waals surface area contributed by atoms with E-state index >= 15 is 0 Å². The van der Waals surface area contributed by atoms with E-state index in [1.807, 2.05) is 48.5 Å². The van der Waals surface area contributed by atoms with Crippen LogP contribution in [-0.2, 0) is 6.54 Å². The van der Waals surface area contributed by atoms with Gasteiger partial charge in [-0.1, -0.05) is 55.8 Å². The summed E-state index contributed by atoms with van der Waals surface area (Å²) < 4.78 is 0. The van der Waals surface area contributed by atoms with Crippen molar-refractivity contribution in [1.82, 2.24) is 30.5 Å². The molecule has 10 nitrogen and oxygen atoms in total. The van der Waals surface area contributed by atoms with Gasteiger partial charge in [-0.2, -0.15) is 5.21 Å². The summed E-state index contributed by atoms with van der Waals surface area (Å²) in [5, 5.41) is 24.1. The Morgan fingerprint density at radius 2 is 1.83 bits per heavy atom. The summed E-state index contributed by atoms with van der Waals surface area (Å²) in [5.74, 6) is -0.582. The van der Waals surface area contributed by atoms with E-state index in [2.05, 4.69) is 32.5 Å².